The summed E-state index contributed by atoms with van der Waals surface area (Å²) in [5, 5.41) is -0.220. The molecular formula is C10H12ClF2N. The van der Waals surface area contributed by atoms with Crippen molar-refractivity contribution in [2.75, 3.05) is 0 Å². The second-order valence-electron chi connectivity index (χ2n) is 3.56. The Morgan fingerprint density at radius 1 is 1.21 bits per heavy atom. The van der Waals surface area contributed by atoms with E-state index in [2.05, 4.69) is 0 Å². The second-order valence-corrected chi connectivity index (χ2v) is 3.96. The summed E-state index contributed by atoms with van der Waals surface area (Å²) in [7, 11) is 0. The SMILES string of the molecule is CC(C)[C@@H](N)c1cc(F)c(Cl)cc1F. The maximum atomic E-state index is 13.3. The van der Waals surface area contributed by atoms with Gasteiger partial charge in [-0.15, -0.1) is 0 Å². The smallest absolute Gasteiger partial charge is 0.142 e. The lowest BCUT2D eigenvalue weighted by molar-refractivity contribution is 0.479. The van der Waals surface area contributed by atoms with Crippen molar-refractivity contribution in [3.8, 4) is 0 Å². The fourth-order valence-corrected chi connectivity index (χ4v) is 1.30. The van der Waals surface area contributed by atoms with Gasteiger partial charge in [0.25, 0.3) is 0 Å². The fraction of sp³-hybridized carbons (Fsp3) is 0.400. The number of nitrogens with two attached hydrogens (primary N) is 1. The molecule has 0 unspecified atom stereocenters. The van der Waals surface area contributed by atoms with Gasteiger partial charge in [-0.2, -0.15) is 0 Å². The van der Waals surface area contributed by atoms with Gasteiger partial charge in [0.15, 0.2) is 0 Å². The Hall–Kier alpha value is -0.670. The van der Waals surface area contributed by atoms with E-state index >= 15 is 0 Å². The Labute approximate surface area is 86.9 Å². The number of halogens is 3. The monoisotopic (exact) mass is 219 g/mol. The average Bonchev–Trinajstić information content (AvgIpc) is 2.10. The second kappa shape index (κ2) is 4.24. The van der Waals surface area contributed by atoms with Gasteiger partial charge in [0, 0.05) is 11.6 Å². The van der Waals surface area contributed by atoms with Gasteiger partial charge < -0.3 is 5.73 Å². The van der Waals surface area contributed by atoms with Gasteiger partial charge in [-0.3, -0.25) is 0 Å². The van der Waals surface area contributed by atoms with E-state index in [4.69, 9.17) is 17.3 Å². The molecule has 0 aliphatic rings. The zero-order valence-electron chi connectivity index (χ0n) is 8.02. The molecule has 0 heterocycles. The van der Waals surface area contributed by atoms with E-state index in [9.17, 15) is 8.78 Å². The third kappa shape index (κ3) is 2.22. The normalized spacial score (nSPS) is 13.4. The molecule has 1 aromatic carbocycles. The van der Waals surface area contributed by atoms with Crippen LogP contribution in [0.3, 0.4) is 0 Å². The van der Waals surface area contributed by atoms with Crippen LogP contribution >= 0.6 is 11.6 Å². The van der Waals surface area contributed by atoms with E-state index in [0.717, 1.165) is 12.1 Å². The van der Waals surface area contributed by atoms with Crippen molar-refractivity contribution in [3.63, 3.8) is 0 Å². The first kappa shape index (κ1) is 11.4. The maximum Gasteiger partial charge on any atom is 0.142 e. The summed E-state index contributed by atoms with van der Waals surface area (Å²) in [6, 6.07) is 1.50. The van der Waals surface area contributed by atoms with Crippen molar-refractivity contribution >= 4 is 11.6 Å². The van der Waals surface area contributed by atoms with Gasteiger partial charge in [0.2, 0.25) is 0 Å². The number of hydrogen-bond acceptors (Lipinski definition) is 1. The first-order valence-corrected chi connectivity index (χ1v) is 4.71. The van der Waals surface area contributed by atoms with Crippen LogP contribution in [0.5, 0.6) is 0 Å². The fourth-order valence-electron chi connectivity index (χ4n) is 1.15. The molecule has 0 aliphatic heterocycles. The third-order valence-electron chi connectivity index (χ3n) is 2.12. The van der Waals surface area contributed by atoms with Gasteiger partial charge in [-0.25, -0.2) is 8.78 Å². The van der Waals surface area contributed by atoms with Crippen LogP contribution in [-0.2, 0) is 0 Å². The maximum absolute atomic E-state index is 13.3. The summed E-state index contributed by atoms with van der Waals surface area (Å²) < 4.78 is 26.3. The largest absolute Gasteiger partial charge is 0.324 e. The van der Waals surface area contributed by atoms with Crippen LogP contribution < -0.4 is 5.73 Å². The third-order valence-corrected chi connectivity index (χ3v) is 2.41. The number of rotatable bonds is 2. The molecule has 4 heteroatoms. The molecule has 1 rings (SSSR count). The molecule has 0 aliphatic carbocycles. The highest BCUT2D eigenvalue weighted by Gasteiger charge is 2.17. The van der Waals surface area contributed by atoms with Crippen molar-refractivity contribution in [1.82, 2.24) is 0 Å². The zero-order chi connectivity index (χ0) is 10.9. The summed E-state index contributed by atoms with van der Waals surface area (Å²) >= 11 is 5.41. The van der Waals surface area contributed by atoms with Gasteiger partial charge in [0.05, 0.1) is 5.02 Å². The molecular weight excluding hydrogens is 208 g/mol. The highest BCUT2D eigenvalue weighted by molar-refractivity contribution is 6.30. The molecule has 0 aromatic heterocycles. The Bertz CT molecular complexity index is 339. The summed E-state index contributed by atoms with van der Waals surface area (Å²) in [5.74, 6) is -1.15. The lowest BCUT2D eigenvalue weighted by atomic mass is 9.96. The highest BCUT2D eigenvalue weighted by Crippen LogP contribution is 2.26. The number of benzene rings is 1. The average molecular weight is 220 g/mol. The Morgan fingerprint density at radius 3 is 2.29 bits per heavy atom. The predicted octanol–water partition coefficient (Wildman–Crippen LogP) is 3.27. The molecule has 0 saturated heterocycles. The summed E-state index contributed by atoms with van der Waals surface area (Å²) in [6.07, 6.45) is 0. The number of hydrogen-bond donors (Lipinski definition) is 1. The molecule has 0 saturated carbocycles. The Kier molecular flexibility index (Phi) is 3.45. The molecule has 78 valence electrons. The van der Waals surface area contributed by atoms with E-state index in [1.165, 1.54) is 0 Å². The van der Waals surface area contributed by atoms with Crippen LogP contribution in [0.25, 0.3) is 0 Å². The van der Waals surface area contributed by atoms with Gasteiger partial charge in [0.1, 0.15) is 11.6 Å². The molecule has 1 nitrogen and oxygen atoms in total. The predicted molar refractivity (Wildman–Crippen MR) is 53.1 cm³/mol. The summed E-state index contributed by atoms with van der Waals surface area (Å²) in [5.41, 5.74) is 5.88. The molecule has 14 heavy (non-hydrogen) atoms. The molecule has 1 atom stereocenters. The quantitative estimate of drug-likeness (QED) is 0.759. The van der Waals surface area contributed by atoms with Crippen LogP contribution in [0, 0.1) is 17.6 Å². The Balaban J connectivity index is 3.15. The topological polar surface area (TPSA) is 26.0 Å². The van der Waals surface area contributed by atoms with Crippen LogP contribution in [0.1, 0.15) is 25.5 Å². The van der Waals surface area contributed by atoms with E-state index in [0.29, 0.717) is 0 Å². The van der Waals surface area contributed by atoms with Gasteiger partial charge in [-0.05, 0) is 18.1 Å². The van der Waals surface area contributed by atoms with Crippen molar-refractivity contribution in [2.45, 2.75) is 19.9 Å². The van der Waals surface area contributed by atoms with Crippen LogP contribution in [-0.4, -0.2) is 0 Å². The van der Waals surface area contributed by atoms with Crippen molar-refractivity contribution in [2.24, 2.45) is 11.7 Å². The van der Waals surface area contributed by atoms with Gasteiger partial charge in [-0.1, -0.05) is 25.4 Å². The lowest BCUT2D eigenvalue weighted by Gasteiger charge is -2.16. The van der Waals surface area contributed by atoms with Gasteiger partial charge >= 0.3 is 0 Å². The molecule has 0 bridgehead atoms. The van der Waals surface area contributed by atoms with Crippen molar-refractivity contribution in [3.05, 3.63) is 34.4 Å². The van der Waals surface area contributed by atoms with Crippen LogP contribution in [0.15, 0.2) is 12.1 Å². The highest BCUT2D eigenvalue weighted by atomic mass is 35.5. The Morgan fingerprint density at radius 2 is 1.79 bits per heavy atom. The lowest BCUT2D eigenvalue weighted by Crippen LogP contribution is -2.18. The standard InChI is InChI=1S/C10H12ClF2N/c1-5(2)10(14)6-3-9(13)7(11)4-8(6)12/h3-5,10H,14H2,1-2H3/t10-/m1/s1. The first-order chi connectivity index (χ1) is 6.43. The summed E-state index contributed by atoms with van der Waals surface area (Å²) in [6.45, 7) is 3.69. The molecule has 1 aromatic rings. The first-order valence-electron chi connectivity index (χ1n) is 4.33. The minimum atomic E-state index is -0.640. The van der Waals surface area contributed by atoms with E-state index in [1.54, 1.807) is 0 Å². The molecule has 0 amide bonds. The van der Waals surface area contributed by atoms with E-state index in [-0.39, 0.29) is 16.5 Å². The minimum absolute atomic E-state index is 0.0464. The van der Waals surface area contributed by atoms with E-state index in [1.807, 2.05) is 13.8 Å². The zero-order valence-corrected chi connectivity index (χ0v) is 8.78. The molecule has 0 radical (unpaired) electrons. The summed E-state index contributed by atoms with van der Waals surface area (Å²) in [4.78, 5) is 0. The van der Waals surface area contributed by atoms with Crippen LogP contribution in [0.4, 0.5) is 8.78 Å². The van der Waals surface area contributed by atoms with E-state index < -0.39 is 17.7 Å². The molecule has 0 spiro atoms. The van der Waals surface area contributed by atoms with Crippen LogP contribution in [0.2, 0.25) is 5.02 Å². The molecule has 2 N–H and O–H groups in total. The van der Waals surface area contributed by atoms with Crippen molar-refractivity contribution < 1.29 is 8.78 Å². The van der Waals surface area contributed by atoms with Crippen molar-refractivity contribution in [1.29, 1.82) is 0 Å². The molecule has 0 fully saturated rings. The minimum Gasteiger partial charge on any atom is -0.324 e.